The lowest BCUT2D eigenvalue weighted by atomic mass is 9.51. The van der Waals surface area contributed by atoms with Gasteiger partial charge >= 0.3 is 0 Å². The molecule has 0 aromatic rings. The second-order valence-corrected chi connectivity index (χ2v) is 5.53. The Kier molecular flexibility index (Phi) is 2.82. The molecular formula is C12H22O3. The molecule has 3 heteroatoms. The highest BCUT2D eigenvalue weighted by Gasteiger charge is 2.57. The van der Waals surface area contributed by atoms with E-state index in [1.165, 1.54) is 0 Å². The first-order chi connectivity index (χ1) is 7.00. The summed E-state index contributed by atoms with van der Waals surface area (Å²) in [5, 5.41) is 8.99. The van der Waals surface area contributed by atoms with Gasteiger partial charge in [0.05, 0.1) is 13.2 Å². The van der Waals surface area contributed by atoms with Crippen molar-refractivity contribution in [2.45, 2.75) is 39.4 Å². The zero-order valence-corrected chi connectivity index (χ0v) is 9.95. The van der Waals surface area contributed by atoms with Crippen molar-refractivity contribution in [3.63, 3.8) is 0 Å². The molecule has 1 aliphatic heterocycles. The zero-order valence-electron chi connectivity index (χ0n) is 9.95. The maximum atomic E-state index is 8.99. The van der Waals surface area contributed by atoms with E-state index in [0.717, 1.165) is 12.8 Å². The van der Waals surface area contributed by atoms with Gasteiger partial charge in [-0.05, 0) is 31.1 Å². The van der Waals surface area contributed by atoms with E-state index in [1.54, 1.807) is 0 Å². The second-order valence-electron chi connectivity index (χ2n) is 5.53. The van der Waals surface area contributed by atoms with Crippen LogP contribution in [0.2, 0.25) is 0 Å². The fourth-order valence-corrected chi connectivity index (χ4v) is 3.28. The molecule has 1 saturated heterocycles. The molecule has 0 bridgehead atoms. The molecule has 0 radical (unpaired) electrons. The first kappa shape index (κ1) is 11.4. The van der Waals surface area contributed by atoms with E-state index in [-0.39, 0.29) is 11.2 Å². The van der Waals surface area contributed by atoms with E-state index < -0.39 is 0 Å². The second kappa shape index (κ2) is 3.72. The summed E-state index contributed by atoms with van der Waals surface area (Å²) in [6.07, 6.45) is 2.02. The number of rotatable bonds is 3. The summed E-state index contributed by atoms with van der Waals surface area (Å²) in [6.45, 7) is 8.30. The van der Waals surface area contributed by atoms with Gasteiger partial charge in [-0.15, -0.1) is 0 Å². The number of hydrogen-bond donors (Lipinski definition) is 1. The Labute approximate surface area is 91.8 Å². The SMILES string of the molecule is CC1([C@@H]2C[C@H](CCO)C2(C)C)OCCO1. The fourth-order valence-electron chi connectivity index (χ4n) is 3.28. The van der Waals surface area contributed by atoms with Gasteiger partial charge in [-0.25, -0.2) is 0 Å². The van der Waals surface area contributed by atoms with Gasteiger partial charge in [0.1, 0.15) is 0 Å². The molecular weight excluding hydrogens is 192 g/mol. The molecule has 88 valence electrons. The average Bonchev–Trinajstić information content (AvgIpc) is 2.59. The van der Waals surface area contributed by atoms with Gasteiger partial charge in [-0.2, -0.15) is 0 Å². The van der Waals surface area contributed by atoms with Crippen LogP contribution in [0.1, 0.15) is 33.6 Å². The lowest BCUT2D eigenvalue weighted by Crippen LogP contribution is -2.56. The molecule has 2 atom stereocenters. The number of ether oxygens (including phenoxy) is 2. The molecule has 2 fully saturated rings. The van der Waals surface area contributed by atoms with Crippen molar-refractivity contribution < 1.29 is 14.6 Å². The van der Waals surface area contributed by atoms with Crippen LogP contribution in [0.15, 0.2) is 0 Å². The van der Waals surface area contributed by atoms with Crippen molar-refractivity contribution in [3.8, 4) is 0 Å². The Hall–Kier alpha value is -0.120. The predicted octanol–water partition coefficient (Wildman–Crippen LogP) is 1.79. The molecule has 0 aromatic heterocycles. The smallest absolute Gasteiger partial charge is 0.169 e. The van der Waals surface area contributed by atoms with E-state index in [0.29, 0.717) is 31.7 Å². The maximum absolute atomic E-state index is 8.99. The quantitative estimate of drug-likeness (QED) is 0.778. The van der Waals surface area contributed by atoms with Crippen LogP contribution >= 0.6 is 0 Å². The number of hydrogen-bond acceptors (Lipinski definition) is 3. The molecule has 0 unspecified atom stereocenters. The van der Waals surface area contributed by atoms with E-state index in [4.69, 9.17) is 14.6 Å². The molecule has 0 spiro atoms. The maximum Gasteiger partial charge on any atom is 0.169 e. The number of aliphatic hydroxyl groups excluding tert-OH is 1. The molecule has 0 amide bonds. The molecule has 2 aliphatic rings. The average molecular weight is 214 g/mol. The van der Waals surface area contributed by atoms with Crippen LogP contribution in [-0.4, -0.2) is 30.7 Å². The third-order valence-corrected chi connectivity index (χ3v) is 4.44. The molecule has 1 aliphatic carbocycles. The summed E-state index contributed by atoms with van der Waals surface area (Å²) in [4.78, 5) is 0. The topological polar surface area (TPSA) is 38.7 Å². The Balaban J connectivity index is 2.02. The van der Waals surface area contributed by atoms with E-state index in [1.807, 2.05) is 0 Å². The van der Waals surface area contributed by atoms with Crippen molar-refractivity contribution in [2.24, 2.45) is 17.3 Å². The Morgan fingerprint density at radius 2 is 1.80 bits per heavy atom. The van der Waals surface area contributed by atoms with Gasteiger partial charge in [0.15, 0.2) is 5.79 Å². The summed E-state index contributed by atoms with van der Waals surface area (Å²) in [5.41, 5.74) is 0.224. The van der Waals surface area contributed by atoms with Gasteiger partial charge in [0, 0.05) is 12.5 Å². The largest absolute Gasteiger partial charge is 0.396 e. The van der Waals surface area contributed by atoms with Crippen molar-refractivity contribution >= 4 is 0 Å². The van der Waals surface area contributed by atoms with Gasteiger partial charge in [0.2, 0.25) is 0 Å². The van der Waals surface area contributed by atoms with Gasteiger partial charge in [-0.3, -0.25) is 0 Å². The summed E-state index contributed by atoms with van der Waals surface area (Å²) >= 11 is 0. The van der Waals surface area contributed by atoms with E-state index in [9.17, 15) is 0 Å². The lowest BCUT2D eigenvalue weighted by Gasteiger charge is -2.57. The minimum atomic E-state index is -0.380. The van der Waals surface area contributed by atoms with Gasteiger partial charge < -0.3 is 14.6 Å². The van der Waals surface area contributed by atoms with Crippen molar-refractivity contribution in [1.29, 1.82) is 0 Å². The molecule has 2 rings (SSSR count). The minimum Gasteiger partial charge on any atom is -0.396 e. The highest BCUT2D eigenvalue weighted by molar-refractivity contribution is 5.02. The third-order valence-electron chi connectivity index (χ3n) is 4.44. The highest BCUT2D eigenvalue weighted by Crippen LogP contribution is 2.58. The fraction of sp³-hybridized carbons (Fsp3) is 1.00. The van der Waals surface area contributed by atoms with Crippen LogP contribution in [0.5, 0.6) is 0 Å². The zero-order chi connectivity index (χ0) is 11.1. The molecule has 1 N–H and O–H groups in total. The van der Waals surface area contributed by atoms with Crippen LogP contribution in [0, 0.1) is 17.3 Å². The van der Waals surface area contributed by atoms with Gasteiger partial charge in [-0.1, -0.05) is 13.8 Å². The molecule has 1 saturated carbocycles. The Morgan fingerprint density at radius 1 is 1.20 bits per heavy atom. The minimum absolute atomic E-state index is 0.224. The van der Waals surface area contributed by atoms with Crippen molar-refractivity contribution in [3.05, 3.63) is 0 Å². The normalized spacial score (nSPS) is 37.6. The molecule has 0 aromatic carbocycles. The van der Waals surface area contributed by atoms with Crippen LogP contribution in [0.4, 0.5) is 0 Å². The molecule has 3 nitrogen and oxygen atoms in total. The standard InChI is InChI=1S/C12H22O3/c1-11(2)9(4-5-13)8-10(11)12(3)14-6-7-15-12/h9-10,13H,4-8H2,1-3H3/t9-,10+/m0/s1. The Bertz CT molecular complexity index is 231. The summed E-state index contributed by atoms with van der Waals surface area (Å²) in [7, 11) is 0. The van der Waals surface area contributed by atoms with Crippen LogP contribution in [-0.2, 0) is 9.47 Å². The van der Waals surface area contributed by atoms with Crippen LogP contribution in [0.25, 0.3) is 0 Å². The summed E-state index contributed by atoms with van der Waals surface area (Å²) in [6, 6.07) is 0. The predicted molar refractivity (Wildman–Crippen MR) is 57.4 cm³/mol. The third kappa shape index (κ3) is 1.71. The molecule has 1 heterocycles. The molecule has 15 heavy (non-hydrogen) atoms. The lowest BCUT2D eigenvalue weighted by molar-refractivity contribution is -0.254. The summed E-state index contributed by atoms with van der Waals surface area (Å²) in [5.74, 6) is 0.691. The number of aliphatic hydroxyl groups is 1. The van der Waals surface area contributed by atoms with Crippen LogP contribution < -0.4 is 0 Å². The highest BCUT2D eigenvalue weighted by atomic mass is 16.7. The Morgan fingerprint density at radius 3 is 2.27 bits per heavy atom. The van der Waals surface area contributed by atoms with Gasteiger partial charge in [0.25, 0.3) is 0 Å². The monoisotopic (exact) mass is 214 g/mol. The first-order valence-corrected chi connectivity index (χ1v) is 5.89. The van der Waals surface area contributed by atoms with E-state index >= 15 is 0 Å². The summed E-state index contributed by atoms with van der Waals surface area (Å²) < 4.78 is 11.4. The van der Waals surface area contributed by atoms with Crippen LogP contribution in [0.3, 0.4) is 0 Å². The first-order valence-electron chi connectivity index (χ1n) is 5.89. The van der Waals surface area contributed by atoms with Crippen molar-refractivity contribution in [1.82, 2.24) is 0 Å². The van der Waals surface area contributed by atoms with E-state index in [2.05, 4.69) is 20.8 Å². The van der Waals surface area contributed by atoms with Crippen molar-refractivity contribution in [2.75, 3.05) is 19.8 Å².